The van der Waals surface area contributed by atoms with E-state index in [0.29, 0.717) is 36.0 Å². The highest BCUT2D eigenvalue weighted by molar-refractivity contribution is 5.97. The molecule has 0 heterocycles. The van der Waals surface area contributed by atoms with Crippen molar-refractivity contribution in [2.24, 2.45) is 0 Å². The number of anilines is 1. The van der Waals surface area contributed by atoms with Crippen LogP contribution in [0.15, 0.2) is 54.6 Å². The summed E-state index contributed by atoms with van der Waals surface area (Å²) in [6, 6.07) is 13.2. The highest BCUT2D eigenvalue weighted by Crippen LogP contribution is 2.38. The highest BCUT2D eigenvalue weighted by Gasteiger charge is 2.20. The minimum atomic E-state index is -0.329. The van der Waals surface area contributed by atoms with Gasteiger partial charge >= 0.3 is 6.03 Å². The molecule has 0 atom stereocenters. The predicted octanol–water partition coefficient (Wildman–Crippen LogP) is 8.94. The van der Waals surface area contributed by atoms with Gasteiger partial charge in [-0.3, -0.25) is 4.79 Å². The lowest BCUT2D eigenvalue weighted by Crippen LogP contribution is -2.45. The van der Waals surface area contributed by atoms with Crippen LogP contribution in [0.5, 0.6) is 17.2 Å². The number of hydrogen-bond acceptors (Lipinski definition) is 5. The maximum absolute atomic E-state index is 13.2. The molecule has 0 radical (unpaired) electrons. The molecule has 2 rings (SSSR count). The second kappa shape index (κ2) is 24.5. The third-order valence-electron chi connectivity index (χ3n) is 8.07. The molecule has 2 aromatic rings. The molecule has 0 aliphatic carbocycles. The van der Waals surface area contributed by atoms with E-state index in [4.69, 9.17) is 14.2 Å². The summed E-state index contributed by atoms with van der Waals surface area (Å²) in [5.41, 5.74) is 1.55. The molecular formula is C38H59N3O5. The number of rotatable bonds is 25. The fraction of sp³-hybridized carbons (Fsp3) is 0.579. The van der Waals surface area contributed by atoms with Crippen molar-refractivity contribution < 1.29 is 23.8 Å². The summed E-state index contributed by atoms with van der Waals surface area (Å²) < 4.78 is 16.3. The summed E-state index contributed by atoms with van der Waals surface area (Å²) in [7, 11) is 4.59. The van der Waals surface area contributed by atoms with Crippen molar-refractivity contribution in [1.29, 1.82) is 0 Å². The number of nitrogens with zero attached hydrogens (tertiary/aromatic N) is 1. The molecular weight excluding hydrogens is 578 g/mol. The zero-order valence-electron chi connectivity index (χ0n) is 28.9. The minimum absolute atomic E-state index is 0.0828. The number of carbonyl (C=O) groups excluding carboxylic acids is 2. The van der Waals surface area contributed by atoms with Gasteiger partial charge in [-0.15, -0.1) is 0 Å². The molecule has 0 unspecified atom stereocenters. The first-order chi connectivity index (χ1) is 22.5. The molecule has 0 aromatic heterocycles. The Morgan fingerprint density at radius 1 is 0.739 bits per heavy atom. The summed E-state index contributed by atoms with van der Waals surface area (Å²) in [6.07, 6.45) is 22.5. The molecule has 3 amide bonds. The van der Waals surface area contributed by atoms with Crippen molar-refractivity contribution in [1.82, 2.24) is 10.2 Å². The van der Waals surface area contributed by atoms with Gasteiger partial charge < -0.3 is 29.7 Å². The second-order valence-electron chi connectivity index (χ2n) is 11.8. The second-order valence-corrected chi connectivity index (χ2v) is 11.8. The number of hydrogen-bond donors (Lipinski definition) is 2. The first-order valence-corrected chi connectivity index (χ1v) is 17.3. The average Bonchev–Trinajstić information content (AvgIpc) is 3.07. The molecule has 256 valence electrons. The maximum Gasteiger partial charge on any atom is 0.317 e. The topological polar surface area (TPSA) is 89.1 Å². The van der Waals surface area contributed by atoms with Crippen molar-refractivity contribution in [3.05, 3.63) is 60.2 Å². The lowest BCUT2D eigenvalue weighted by molar-refractivity contribution is -0.116. The average molecular weight is 638 g/mol. The van der Waals surface area contributed by atoms with Gasteiger partial charge in [-0.2, -0.15) is 0 Å². The van der Waals surface area contributed by atoms with Crippen molar-refractivity contribution in [3.63, 3.8) is 0 Å². The van der Waals surface area contributed by atoms with E-state index in [9.17, 15) is 9.59 Å². The predicted molar refractivity (Wildman–Crippen MR) is 189 cm³/mol. The largest absolute Gasteiger partial charge is 0.496 e. The molecule has 0 fully saturated rings. The molecule has 8 nitrogen and oxygen atoms in total. The molecule has 8 heteroatoms. The van der Waals surface area contributed by atoms with Gasteiger partial charge in [0.05, 0.1) is 21.3 Å². The van der Waals surface area contributed by atoms with Crippen LogP contribution in [0.1, 0.15) is 102 Å². The monoisotopic (exact) mass is 637 g/mol. The van der Waals surface area contributed by atoms with Crippen LogP contribution in [-0.2, 0) is 11.2 Å². The summed E-state index contributed by atoms with van der Waals surface area (Å²) in [6.45, 7) is 3.18. The van der Waals surface area contributed by atoms with Gasteiger partial charge in [0.15, 0.2) is 0 Å². The molecule has 2 N–H and O–H groups in total. The third kappa shape index (κ3) is 16.1. The Kier molecular flexibility index (Phi) is 20.5. The summed E-state index contributed by atoms with van der Waals surface area (Å²) in [5.74, 6) is 1.05. The van der Waals surface area contributed by atoms with Gasteiger partial charge in [-0.25, -0.2) is 4.79 Å². The number of carbonyl (C=O) groups is 2. The van der Waals surface area contributed by atoms with Crippen molar-refractivity contribution in [2.45, 2.75) is 103 Å². The van der Waals surface area contributed by atoms with Crippen molar-refractivity contribution in [3.8, 4) is 17.2 Å². The van der Waals surface area contributed by atoms with E-state index in [1.807, 2.05) is 30.3 Å². The molecule has 2 aromatic carbocycles. The van der Waals surface area contributed by atoms with E-state index in [-0.39, 0.29) is 18.5 Å². The lowest BCUT2D eigenvalue weighted by atomic mass is 10.1. The molecule has 0 aliphatic heterocycles. The van der Waals surface area contributed by atoms with Crippen LogP contribution in [-0.4, -0.2) is 57.8 Å². The number of nitrogens with one attached hydrogen (secondary N) is 2. The Morgan fingerprint density at radius 3 is 1.87 bits per heavy atom. The first-order valence-electron chi connectivity index (χ1n) is 17.3. The fourth-order valence-corrected chi connectivity index (χ4v) is 5.35. The Hall–Kier alpha value is -3.68. The molecule has 46 heavy (non-hydrogen) atoms. The molecule has 0 spiro atoms. The van der Waals surface area contributed by atoms with E-state index in [2.05, 4.69) is 29.7 Å². The van der Waals surface area contributed by atoms with E-state index in [0.717, 1.165) is 37.7 Å². The zero-order chi connectivity index (χ0) is 33.2. The first kappa shape index (κ1) is 38.5. The zero-order valence-corrected chi connectivity index (χ0v) is 28.9. The fourth-order valence-electron chi connectivity index (χ4n) is 5.35. The van der Waals surface area contributed by atoms with Gasteiger partial charge in [-0.05, 0) is 44.1 Å². The number of amides is 3. The van der Waals surface area contributed by atoms with Crippen molar-refractivity contribution in [2.75, 3.05) is 46.3 Å². The van der Waals surface area contributed by atoms with Gasteiger partial charge in [0.1, 0.15) is 29.5 Å². The van der Waals surface area contributed by atoms with E-state index < -0.39 is 0 Å². The van der Waals surface area contributed by atoms with Crippen LogP contribution in [0.4, 0.5) is 10.5 Å². The molecule has 0 saturated heterocycles. The highest BCUT2D eigenvalue weighted by atomic mass is 16.5. The number of ether oxygens (including phenoxy) is 3. The third-order valence-corrected chi connectivity index (χ3v) is 8.07. The van der Waals surface area contributed by atoms with Crippen LogP contribution in [0.3, 0.4) is 0 Å². The van der Waals surface area contributed by atoms with Crippen LogP contribution in [0, 0.1) is 0 Å². The summed E-state index contributed by atoms with van der Waals surface area (Å²) in [5, 5.41) is 5.88. The summed E-state index contributed by atoms with van der Waals surface area (Å²) >= 11 is 0. The van der Waals surface area contributed by atoms with Crippen LogP contribution in [0.2, 0.25) is 0 Å². The normalized spacial score (nSPS) is 11.0. The molecule has 0 bridgehead atoms. The number of benzene rings is 2. The lowest BCUT2D eigenvalue weighted by Gasteiger charge is -2.23. The number of allylic oxidation sites excluding steroid dienone is 2. The van der Waals surface area contributed by atoms with Crippen LogP contribution >= 0.6 is 0 Å². The maximum atomic E-state index is 13.2. The van der Waals surface area contributed by atoms with Gasteiger partial charge in [0, 0.05) is 25.2 Å². The molecule has 0 aliphatic rings. The number of unbranched alkanes of at least 4 members (excludes halogenated alkanes) is 12. The minimum Gasteiger partial charge on any atom is -0.496 e. The standard InChI is InChI=1S/C38H59N3O5/c1-5-6-7-8-9-10-11-12-13-14-15-16-17-18-19-23-28-41(38(43)39-27-26-32-24-21-20-22-25-32)31-36(42)40-37-34(45-3)29-33(44-2)30-35(37)46-4/h12-13,20-22,24-25,29-30H,5-11,14-19,23,26-28,31H2,1-4H3,(H,39,43)(H,40,42). The molecule has 0 saturated carbocycles. The Bertz CT molecular complexity index is 1110. The Labute approximate surface area is 278 Å². The SMILES string of the molecule is CCCCCCCCC=CCCCCCCCCN(CC(=O)Nc1c(OC)cc(OC)cc1OC)C(=O)NCCc1ccccc1. The van der Waals surface area contributed by atoms with Gasteiger partial charge in [-0.1, -0.05) is 107 Å². The van der Waals surface area contributed by atoms with Crippen LogP contribution < -0.4 is 24.8 Å². The number of urea groups is 1. The van der Waals surface area contributed by atoms with E-state index >= 15 is 0 Å². The van der Waals surface area contributed by atoms with Gasteiger partial charge in [0.2, 0.25) is 5.91 Å². The van der Waals surface area contributed by atoms with Crippen LogP contribution in [0.25, 0.3) is 0 Å². The van der Waals surface area contributed by atoms with Gasteiger partial charge in [0.25, 0.3) is 0 Å². The smallest absolute Gasteiger partial charge is 0.317 e. The van der Waals surface area contributed by atoms with E-state index in [1.165, 1.54) is 78.4 Å². The Morgan fingerprint density at radius 2 is 1.30 bits per heavy atom. The number of methoxy groups -OCH3 is 3. The summed E-state index contributed by atoms with van der Waals surface area (Å²) in [4.78, 5) is 28.0. The van der Waals surface area contributed by atoms with E-state index in [1.54, 1.807) is 24.1 Å². The van der Waals surface area contributed by atoms with Crippen molar-refractivity contribution >= 4 is 17.6 Å². The Balaban J connectivity index is 1.80. The quantitative estimate of drug-likeness (QED) is 0.0838.